The van der Waals surface area contributed by atoms with Crippen LogP contribution in [-0.4, -0.2) is 17.1 Å². The fourth-order valence-electron chi connectivity index (χ4n) is 2.00. The van der Waals surface area contributed by atoms with Crippen molar-refractivity contribution in [3.63, 3.8) is 0 Å². The minimum Gasteiger partial charge on any atom is -0.481 e. The van der Waals surface area contributed by atoms with Crippen LogP contribution in [0.5, 0.6) is 0 Å². The van der Waals surface area contributed by atoms with E-state index in [1.165, 1.54) is 5.56 Å². The first kappa shape index (κ1) is 11.2. The second-order valence-electron chi connectivity index (χ2n) is 3.85. The molecule has 0 saturated heterocycles. The molecule has 5 heteroatoms. The van der Waals surface area contributed by atoms with E-state index in [0.29, 0.717) is 0 Å². The van der Waals surface area contributed by atoms with Gasteiger partial charge in [0.15, 0.2) is 0 Å². The van der Waals surface area contributed by atoms with Gasteiger partial charge in [-0.1, -0.05) is 35.5 Å². The van der Waals surface area contributed by atoms with E-state index < -0.39 is 12.0 Å². The van der Waals surface area contributed by atoms with Gasteiger partial charge in [-0.2, -0.15) is 0 Å². The van der Waals surface area contributed by atoms with Crippen molar-refractivity contribution in [2.45, 2.75) is 18.9 Å². The first-order chi connectivity index (χ1) is 8.22. The van der Waals surface area contributed by atoms with E-state index in [1.807, 2.05) is 30.3 Å². The van der Waals surface area contributed by atoms with E-state index in [1.54, 1.807) is 0 Å². The second-order valence-corrected chi connectivity index (χ2v) is 3.85. The van der Waals surface area contributed by atoms with Gasteiger partial charge in [0.25, 0.3) is 0 Å². The highest BCUT2D eigenvalue weighted by atomic mass is 16.4. The SMILES string of the molecule is [N-]=[N+]=NC(CC1=CCc2ccccc21)C(=O)O. The molecule has 0 amide bonds. The Hall–Kier alpha value is -2.26. The molecule has 0 aromatic heterocycles. The lowest BCUT2D eigenvalue weighted by atomic mass is 10.0. The Morgan fingerprint density at radius 3 is 3.00 bits per heavy atom. The molecule has 1 aliphatic carbocycles. The van der Waals surface area contributed by atoms with Crippen molar-refractivity contribution in [1.82, 2.24) is 0 Å². The van der Waals surface area contributed by atoms with E-state index in [0.717, 1.165) is 17.6 Å². The molecule has 0 spiro atoms. The first-order valence-electron chi connectivity index (χ1n) is 5.26. The Bertz CT molecular complexity index is 528. The lowest BCUT2D eigenvalue weighted by Gasteiger charge is -2.08. The third-order valence-electron chi connectivity index (χ3n) is 2.82. The van der Waals surface area contributed by atoms with Crippen molar-refractivity contribution in [2.24, 2.45) is 5.11 Å². The van der Waals surface area contributed by atoms with Crippen molar-refractivity contribution < 1.29 is 9.90 Å². The molecule has 86 valence electrons. The predicted octanol–water partition coefficient (Wildman–Crippen LogP) is 2.78. The van der Waals surface area contributed by atoms with Crippen LogP contribution in [0.25, 0.3) is 16.0 Å². The molecule has 5 nitrogen and oxygen atoms in total. The summed E-state index contributed by atoms with van der Waals surface area (Å²) in [6.07, 6.45) is 3.05. The highest BCUT2D eigenvalue weighted by Crippen LogP contribution is 2.31. The van der Waals surface area contributed by atoms with Gasteiger partial charge in [0.05, 0.1) is 0 Å². The van der Waals surface area contributed by atoms with Gasteiger partial charge in [-0.15, -0.1) is 0 Å². The number of nitrogens with zero attached hydrogens (tertiary/aromatic N) is 3. The Kier molecular flexibility index (Phi) is 3.12. The number of allylic oxidation sites excluding steroid dienone is 1. The third-order valence-corrected chi connectivity index (χ3v) is 2.82. The summed E-state index contributed by atoms with van der Waals surface area (Å²) < 4.78 is 0. The van der Waals surface area contributed by atoms with Crippen molar-refractivity contribution in [1.29, 1.82) is 0 Å². The van der Waals surface area contributed by atoms with Gasteiger partial charge in [-0.3, -0.25) is 4.79 Å². The van der Waals surface area contributed by atoms with E-state index >= 15 is 0 Å². The minimum atomic E-state index is -1.09. The van der Waals surface area contributed by atoms with E-state index in [9.17, 15) is 4.79 Å². The molecule has 0 bridgehead atoms. The Morgan fingerprint density at radius 1 is 1.53 bits per heavy atom. The summed E-state index contributed by atoms with van der Waals surface area (Å²) in [6.45, 7) is 0. The molecule has 17 heavy (non-hydrogen) atoms. The zero-order valence-electron chi connectivity index (χ0n) is 9.08. The zero-order valence-corrected chi connectivity index (χ0v) is 9.08. The molecule has 0 saturated carbocycles. The number of aliphatic carboxylic acids is 1. The quantitative estimate of drug-likeness (QED) is 0.489. The molecule has 2 rings (SSSR count). The van der Waals surface area contributed by atoms with Gasteiger partial charge in [-0.05, 0) is 35.1 Å². The summed E-state index contributed by atoms with van der Waals surface area (Å²) in [5.74, 6) is -1.09. The smallest absolute Gasteiger partial charge is 0.312 e. The van der Waals surface area contributed by atoms with Crippen molar-refractivity contribution in [3.8, 4) is 0 Å². The number of carbonyl (C=O) groups is 1. The number of benzene rings is 1. The number of fused-ring (bicyclic) bond motifs is 1. The predicted molar refractivity (Wildman–Crippen MR) is 63.3 cm³/mol. The summed E-state index contributed by atoms with van der Waals surface area (Å²) >= 11 is 0. The maximum Gasteiger partial charge on any atom is 0.312 e. The average Bonchev–Trinajstić information content (AvgIpc) is 2.72. The summed E-state index contributed by atoms with van der Waals surface area (Å²) in [5, 5.41) is 12.2. The fraction of sp³-hybridized carbons (Fsp3) is 0.250. The molecular formula is C12H11N3O2. The number of carboxylic acids is 1. The molecule has 1 aliphatic rings. The maximum absolute atomic E-state index is 10.9. The van der Waals surface area contributed by atoms with Crippen LogP contribution in [0.3, 0.4) is 0 Å². The van der Waals surface area contributed by atoms with Crippen molar-refractivity contribution >= 4 is 11.5 Å². The number of azide groups is 1. The number of rotatable bonds is 4. The van der Waals surface area contributed by atoms with E-state index in [-0.39, 0.29) is 6.42 Å². The summed E-state index contributed by atoms with van der Waals surface area (Å²) in [7, 11) is 0. The van der Waals surface area contributed by atoms with Gasteiger partial charge in [0.1, 0.15) is 6.04 Å². The molecule has 0 heterocycles. The largest absolute Gasteiger partial charge is 0.481 e. The van der Waals surface area contributed by atoms with Crippen LogP contribution in [0.1, 0.15) is 17.5 Å². The summed E-state index contributed by atoms with van der Waals surface area (Å²) in [4.78, 5) is 13.5. The molecule has 1 atom stereocenters. The highest BCUT2D eigenvalue weighted by Gasteiger charge is 2.21. The molecule has 1 N–H and O–H groups in total. The second kappa shape index (κ2) is 4.72. The monoisotopic (exact) mass is 229 g/mol. The van der Waals surface area contributed by atoms with Gasteiger partial charge < -0.3 is 5.11 Å². The van der Waals surface area contributed by atoms with Crippen LogP contribution in [0.15, 0.2) is 35.5 Å². The van der Waals surface area contributed by atoms with Crippen LogP contribution in [0, 0.1) is 0 Å². The number of carboxylic acid groups (broad SMARTS) is 1. The Labute approximate surface area is 98.0 Å². The molecule has 0 aliphatic heterocycles. The summed E-state index contributed by atoms with van der Waals surface area (Å²) in [6, 6.07) is 6.82. The van der Waals surface area contributed by atoms with Crippen LogP contribution in [0.2, 0.25) is 0 Å². The van der Waals surface area contributed by atoms with Crippen molar-refractivity contribution in [3.05, 3.63) is 51.9 Å². The maximum atomic E-state index is 10.9. The van der Waals surface area contributed by atoms with Crippen LogP contribution in [-0.2, 0) is 11.2 Å². The number of hydrogen-bond acceptors (Lipinski definition) is 2. The topological polar surface area (TPSA) is 86.1 Å². The lowest BCUT2D eigenvalue weighted by molar-refractivity contribution is -0.138. The van der Waals surface area contributed by atoms with Crippen LogP contribution in [0.4, 0.5) is 0 Å². The van der Waals surface area contributed by atoms with Crippen LogP contribution < -0.4 is 0 Å². The molecule has 1 aromatic rings. The van der Waals surface area contributed by atoms with E-state index in [2.05, 4.69) is 10.0 Å². The standard InChI is InChI=1S/C12H11N3O2/c13-15-14-11(12(16)17)7-9-6-5-8-3-1-2-4-10(8)9/h1-4,6,11H,5,7H2,(H,16,17). The van der Waals surface area contributed by atoms with E-state index in [4.69, 9.17) is 10.6 Å². The Morgan fingerprint density at radius 2 is 2.29 bits per heavy atom. The van der Waals surface area contributed by atoms with Gasteiger partial charge in [0, 0.05) is 4.91 Å². The Balaban J connectivity index is 2.21. The van der Waals surface area contributed by atoms with Gasteiger partial charge >= 0.3 is 5.97 Å². The molecule has 1 aromatic carbocycles. The average molecular weight is 229 g/mol. The first-order valence-corrected chi connectivity index (χ1v) is 5.26. The molecular weight excluding hydrogens is 218 g/mol. The molecule has 0 radical (unpaired) electrons. The highest BCUT2D eigenvalue weighted by molar-refractivity contribution is 5.80. The summed E-state index contributed by atoms with van der Waals surface area (Å²) in [5.41, 5.74) is 11.5. The minimum absolute atomic E-state index is 0.246. The van der Waals surface area contributed by atoms with Crippen molar-refractivity contribution in [2.75, 3.05) is 0 Å². The molecule has 1 unspecified atom stereocenters. The van der Waals surface area contributed by atoms with Crippen LogP contribution >= 0.6 is 0 Å². The molecule has 0 fully saturated rings. The van der Waals surface area contributed by atoms with Gasteiger partial charge in [0.2, 0.25) is 0 Å². The third kappa shape index (κ3) is 2.29. The normalized spacial score (nSPS) is 14.5. The van der Waals surface area contributed by atoms with Gasteiger partial charge in [-0.25, -0.2) is 0 Å². The lowest BCUT2D eigenvalue weighted by Crippen LogP contribution is -2.17. The number of hydrogen-bond donors (Lipinski definition) is 1. The fourth-order valence-corrected chi connectivity index (χ4v) is 2.00. The zero-order chi connectivity index (χ0) is 12.3.